The fourth-order valence-electron chi connectivity index (χ4n) is 2.62. The van der Waals surface area contributed by atoms with Crippen LogP contribution < -0.4 is 10.2 Å². The lowest BCUT2D eigenvalue weighted by Gasteiger charge is -2.27. The maximum atomic E-state index is 12.8. The fourth-order valence-corrected chi connectivity index (χ4v) is 2.62. The minimum atomic E-state index is -0.735. The van der Waals surface area contributed by atoms with E-state index in [2.05, 4.69) is 5.32 Å². The minimum Gasteiger partial charge on any atom is -0.273 e. The van der Waals surface area contributed by atoms with Gasteiger partial charge in [0.1, 0.15) is 5.57 Å². The van der Waals surface area contributed by atoms with Gasteiger partial charge in [-0.05, 0) is 37.1 Å². The van der Waals surface area contributed by atoms with Gasteiger partial charge < -0.3 is 0 Å². The third-order valence-electron chi connectivity index (χ3n) is 3.81. The van der Waals surface area contributed by atoms with E-state index in [4.69, 9.17) is 0 Å². The van der Waals surface area contributed by atoms with Crippen molar-refractivity contribution in [2.75, 3.05) is 4.90 Å². The summed E-state index contributed by atoms with van der Waals surface area (Å²) in [7, 11) is 0. The van der Waals surface area contributed by atoms with Gasteiger partial charge in [-0.25, -0.2) is 9.69 Å². The van der Waals surface area contributed by atoms with Crippen molar-refractivity contribution in [2.24, 2.45) is 0 Å². The first kappa shape index (κ1) is 15.7. The maximum absolute atomic E-state index is 12.8. The average molecular weight is 320 g/mol. The summed E-state index contributed by atoms with van der Waals surface area (Å²) >= 11 is 0. The first-order valence-electron chi connectivity index (χ1n) is 7.51. The third-order valence-corrected chi connectivity index (χ3v) is 3.81. The lowest BCUT2D eigenvalue weighted by molar-refractivity contribution is -0.122. The highest BCUT2D eigenvalue weighted by Crippen LogP contribution is 2.24. The first-order valence-corrected chi connectivity index (χ1v) is 7.51. The largest absolute Gasteiger partial charge is 0.335 e. The van der Waals surface area contributed by atoms with E-state index in [0.717, 1.165) is 21.6 Å². The Labute approximate surface area is 139 Å². The van der Waals surface area contributed by atoms with Crippen molar-refractivity contribution in [3.63, 3.8) is 0 Å². The fraction of sp³-hybridized carbons (Fsp3) is 0.105. The van der Waals surface area contributed by atoms with Gasteiger partial charge in [-0.15, -0.1) is 0 Å². The van der Waals surface area contributed by atoms with Gasteiger partial charge >= 0.3 is 6.03 Å². The van der Waals surface area contributed by atoms with Crippen LogP contribution in [0.1, 0.15) is 16.7 Å². The van der Waals surface area contributed by atoms with E-state index in [1.807, 2.05) is 31.2 Å². The van der Waals surface area contributed by atoms with Gasteiger partial charge in [0.2, 0.25) is 0 Å². The number of carbonyl (C=O) groups excluding carboxylic acids is 3. The highest BCUT2D eigenvalue weighted by atomic mass is 16.2. The van der Waals surface area contributed by atoms with Crippen LogP contribution in [0.3, 0.4) is 0 Å². The Morgan fingerprint density at radius 2 is 1.71 bits per heavy atom. The number of amides is 4. The zero-order valence-corrected chi connectivity index (χ0v) is 13.4. The highest BCUT2D eigenvalue weighted by molar-refractivity contribution is 6.39. The summed E-state index contributed by atoms with van der Waals surface area (Å²) in [5.41, 5.74) is 2.91. The van der Waals surface area contributed by atoms with Crippen LogP contribution in [-0.4, -0.2) is 17.8 Å². The van der Waals surface area contributed by atoms with Gasteiger partial charge in [-0.2, -0.15) is 0 Å². The summed E-state index contributed by atoms with van der Waals surface area (Å²) in [4.78, 5) is 38.0. The van der Waals surface area contributed by atoms with Crippen LogP contribution in [0.15, 0.2) is 54.1 Å². The van der Waals surface area contributed by atoms with Crippen molar-refractivity contribution in [3.8, 4) is 0 Å². The molecule has 4 amide bonds. The molecule has 0 aliphatic carbocycles. The molecule has 0 bridgehead atoms. The molecule has 0 spiro atoms. The van der Waals surface area contributed by atoms with Crippen molar-refractivity contribution in [1.82, 2.24) is 5.32 Å². The lowest BCUT2D eigenvalue weighted by Crippen LogP contribution is -2.54. The van der Waals surface area contributed by atoms with E-state index < -0.39 is 17.8 Å². The first-order chi connectivity index (χ1) is 11.5. The van der Waals surface area contributed by atoms with Gasteiger partial charge in [-0.1, -0.05) is 48.0 Å². The Morgan fingerprint density at radius 1 is 0.958 bits per heavy atom. The van der Waals surface area contributed by atoms with E-state index >= 15 is 0 Å². The number of hydrogen-bond donors (Lipinski definition) is 1. The number of rotatable bonds is 2. The molecule has 0 unspecified atom stereocenters. The summed E-state index contributed by atoms with van der Waals surface area (Å²) in [6, 6.07) is 13.7. The molecule has 5 nitrogen and oxygen atoms in total. The van der Waals surface area contributed by atoms with Gasteiger partial charge in [-0.3, -0.25) is 14.9 Å². The van der Waals surface area contributed by atoms with Gasteiger partial charge in [0.15, 0.2) is 0 Å². The van der Waals surface area contributed by atoms with Crippen LogP contribution in [0.4, 0.5) is 10.5 Å². The molecule has 0 atom stereocenters. The number of anilines is 1. The summed E-state index contributed by atoms with van der Waals surface area (Å²) in [5.74, 6) is -1.31. The van der Waals surface area contributed by atoms with Gasteiger partial charge in [0.25, 0.3) is 11.8 Å². The van der Waals surface area contributed by atoms with E-state index in [1.54, 1.807) is 31.2 Å². The Morgan fingerprint density at radius 3 is 2.42 bits per heavy atom. The molecular weight excluding hydrogens is 304 g/mol. The van der Waals surface area contributed by atoms with Crippen molar-refractivity contribution in [1.29, 1.82) is 0 Å². The molecule has 2 aromatic carbocycles. The zero-order valence-electron chi connectivity index (χ0n) is 13.4. The Kier molecular flexibility index (Phi) is 4.00. The second-order valence-electron chi connectivity index (χ2n) is 5.66. The molecule has 3 rings (SSSR count). The molecule has 0 radical (unpaired) electrons. The molecule has 2 aromatic rings. The predicted molar refractivity (Wildman–Crippen MR) is 91.4 cm³/mol. The van der Waals surface area contributed by atoms with Crippen LogP contribution in [0, 0.1) is 13.8 Å². The van der Waals surface area contributed by atoms with E-state index in [0.29, 0.717) is 5.69 Å². The average Bonchev–Trinajstić information content (AvgIpc) is 2.53. The van der Waals surface area contributed by atoms with E-state index in [1.165, 1.54) is 6.08 Å². The maximum Gasteiger partial charge on any atom is 0.335 e. The van der Waals surface area contributed by atoms with Crippen LogP contribution in [0.5, 0.6) is 0 Å². The van der Waals surface area contributed by atoms with Gasteiger partial charge in [0, 0.05) is 0 Å². The summed E-state index contributed by atoms with van der Waals surface area (Å²) in [5, 5.41) is 2.23. The van der Waals surface area contributed by atoms with Crippen molar-refractivity contribution in [3.05, 3.63) is 70.8 Å². The van der Waals surface area contributed by atoms with Crippen LogP contribution in [0.25, 0.3) is 6.08 Å². The number of imide groups is 2. The van der Waals surface area contributed by atoms with Gasteiger partial charge in [0.05, 0.1) is 5.69 Å². The summed E-state index contributed by atoms with van der Waals surface area (Å²) in [6.07, 6.45) is 1.50. The second-order valence-corrected chi connectivity index (χ2v) is 5.66. The van der Waals surface area contributed by atoms with Crippen molar-refractivity contribution < 1.29 is 14.4 Å². The smallest absolute Gasteiger partial charge is 0.273 e. The molecule has 1 aliphatic rings. The molecule has 1 aliphatic heterocycles. The molecule has 120 valence electrons. The minimum absolute atomic E-state index is 0.0662. The van der Waals surface area contributed by atoms with E-state index in [9.17, 15) is 14.4 Å². The number of aryl methyl sites for hydroxylation is 2. The predicted octanol–water partition coefficient (Wildman–Crippen LogP) is 2.97. The van der Waals surface area contributed by atoms with Crippen LogP contribution >= 0.6 is 0 Å². The molecule has 1 saturated heterocycles. The SMILES string of the molecule is Cc1cccc(/C=C2\C(=O)NC(=O)N(c3ccccc3C)C2=O)c1. The summed E-state index contributed by atoms with van der Waals surface area (Å²) in [6.45, 7) is 3.73. The molecule has 0 saturated carbocycles. The number of barbiturate groups is 1. The molecule has 5 heteroatoms. The molecule has 24 heavy (non-hydrogen) atoms. The standard InChI is InChI=1S/C19H16N2O3/c1-12-6-5-8-14(10-12)11-15-17(22)20-19(24)21(18(15)23)16-9-4-3-7-13(16)2/h3-11H,1-2H3,(H,20,22,24)/b15-11+. The normalized spacial score (nSPS) is 16.5. The topological polar surface area (TPSA) is 66.5 Å². The van der Waals surface area contributed by atoms with E-state index in [-0.39, 0.29) is 5.57 Å². The van der Waals surface area contributed by atoms with Crippen molar-refractivity contribution in [2.45, 2.75) is 13.8 Å². The second kappa shape index (κ2) is 6.12. The third kappa shape index (κ3) is 2.84. The number of urea groups is 1. The number of nitrogens with zero attached hydrogens (tertiary/aromatic N) is 1. The molecule has 0 aromatic heterocycles. The Bertz CT molecular complexity index is 884. The summed E-state index contributed by atoms with van der Waals surface area (Å²) < 4.78 is 0. The number of para-hydroxylation sites is 1. The Hall–Kier alpha value is -3.21. The van der Waals surface area contributed by atoms with Crippen LogP contribution in [-0.2, 0) is 9.59 Å². The monoisotopic (exact) mass is 320 g/mol. The lowest BCUT2D eigenvalue weighted by atomic mass is 10.0. The molecular formula is C19H16N2O3. The molecule has 1 fully saturated rings. The highest BCUT2D eigenvalue weighted by Gasteiger charge is 2.37. The molecule has 1 heterocycles. The number of hydrogen-bond acceptors (Lipinski definition) is 3. The number of benzene rings is 2. The molecule has 1 N–H and O–H groups in total. The quantitative estimate of drug-likeness (QED) is 0.683. The Balaban J connectivity index is 2.05. The van der Waals surface area contributed by atoms with Crippen molar-refractivity contribution >= 4 is 29.6 Å². The number of carbonyl (C=O) groups is 3. The number of nitrogens with one attached hydrogen (secondary N) is 1. The van der Waals surface area contributed by atoms with Crippen LogP contribution in [0.2, 0.25) is 0 Å². The zero-order chi connectivity index (χ0) is 17.3.